The topological polar surface area (TPSA) is 49.4 Å². The Hall–Kier alpha value is -3.40. The number of carbonyl (C=O) groups excluding carboxylic acids is 2. The molecule has 0 fully saturated rings. The zero-order valence-electron chi connectivity index (χ0n) is 14.7. The summed E-state index contributed by atoms with van der Waals surface area (Å²) in [6, 6.07) is 15.7. The SMILES string of the molecule is O=C1c2cccc3cc4ccccc4c(c23)C(=O)N1CCC1C=CC=CN1. The summed E-state index contributed by atoms with van der Waals surface area (Å²) < 4.78 is 0. The van der Waals surface area contributed by atoms with Crippen molar-refractivity contribution in [2.45, 2.75) is 12.5 Å². The monoisotopic (exact) mass is 354 g/mol. The van der Waals surface area contributed by atoms with E-state index in [1.165, 1.54) is 4.90 Å². The standard InChI is InChI=1S/C23H18N2O2/c26-22-19-10-5-7-16-14-15-6-1-2-9-18(15)21(20(16)19)23(27)25(22)13-11-17-8-3-4-12-24-17/h1-10,12,14,17,24H,11,13H2. The predicted octanol–water partition coefficient (Wildman–Crippen LogP) is 4.02. The lowest BCUT2D eigenvalue weighted by Crippen LogP contribution is -2.42. The van der Waals surface area contributed by atoms with Crippen LogP contribution >= 0.6 is 0 Å². The van der Waals surface area contributed by atoms with E-state index in [2.05, 4.69) is 11.4 Å². The Morgan fingerprint density at radius 2 is 1.78 bits per heavy atom. The predicted molar refractivity (Wildman–Crippen MR) is 107 cm³/mol. The first-order valence-corrected chi connectivity index (χ1v) is 9.14. The molecule has 0 bridgehead atoms. The summed E-state index contributed by atoms with van der Waals surface area (Å²) in [7, 11) is 0. The number of dihydropyridines is 1. The quantitative estimate of drug-likeness (QED) is 0.571. The van der Waals surface area contributed by atoms with Crippen LogP contribution in [0.5, 0.6) is 0 Å². The van der Waals surface area contributed by atoms with Crippen molar-refractivity contribution in [3.05, 3.63) is 84.1 Å². The van der Waals surface area contributed by atoms with Gasteiger partial charge in [-0.2, -0.15) is 0 Å². The molecule has 3 aromatic rings. The van der Waals surface area contributed by atoms with E-state index in [0.717, 1.165) is 21.5 Å². The maximum Gasteiger partial charge on any atom is 0.262 e. The molecule has 2 aliphatic rings. The Morgan fingerprint density at radius 3 is 2.63 bits per heavy atom. The molecule has 1 unspecified atom stereocenters. The van der Waals surface area contributed by atoms with Crippen molar-refractivity contribution in [1.29, 1.82) is 0 Å². The maximum absolute atomic E-state index is 13.4. The molecule has 2 aliphatic heterocycles. The highest BCUT2D eigenvalue weighted by atomic mass is 16.2. The number of nitrogens with one attached hydrogen (secondary N) is 1. The number of allylic oxidation sites excluding steroid dienone is 2. The van der Waals surface area contributed by atoms with Gasteiger partial charge in [-0.3, -0.25) is 14.5 Å². The molecule has 4 heteroatoms. The number of benzene rings is 3. The van der Waals surface area contributed by atoms with Gasteiger partial charge in [0.15, 0.2) is 0 Å². The van der Waals surface area contributed by atoms with E-state index in [1.807, 2.05) is 66.9 Å². The lowest BCUT2D eigenvalue weighted by atomic mass is 9.89. The van der Waals surface area contributed by atoms with Gasteiger partial charge in [-0.05, 0) is 47.0 Å². The van der Waals surface area contributed by atoms with Gasteiger partial charge in [0, 0.05) is 23.5 Å². The average Bonchev–Trinajstić information content (AvgIpc) is 2.71. The molecular weight excluding hydrogens is 336 g/mol. The van der Waals surface area contributed by atoms with Gasteiger partial charge < -0.3 is 5.32 Å². The molecule has 0 radical (unpaired) electrons. The molecule has 3 aromatic carbocycles. The summed E-state index contributed by atoms with van der Waals surface area (Å²) in [5, 5.41) is 6.87. The number of hydrogen-bond acceptors (Lipinski definition) is 3. The highest BCUT2D eigenvalue weighted by molar-refractivity contribution is 6.30. The van der Waals surface area contributed by atoms with E-state index in [0.29, 0.717) is 24.1 Å². The van der Waals surface area contributed by atoms with Gasteiger partial charge >= 0.3 is 0 Å². The fourth-order valence-corrected chi connectivity index (χ4v) is 4.03. The number of amides is 2. The summed E-state index contributed by atoms with van der Waals surface area (Å²) in [5.74, 6) is -0.403. The van der Waals surface area contributed by atoms with E-state index < -0.39 is 0 Å². The minimum Gasteiger partial charge on any atom is -0.385 e. The van der Waals surface area contributed by atoms with Crippen molar-refractivity contribution in [2.24, 2.45) is 0 Å². The van der Waals surface area contributed by atoms with E-state index in [1.54, 1.807) is 0 Å². The first-order valence-electron chi connectivity index (χ1n) is 9.14. The van der Waals surface area contributed by atoms with Crippen molar-refractivity contribution < 1.29 is 9.59 Å². The molecule has 2 amide bonds. The van der Waals surface area contributed by atoms with Crippen molar-refractivity contribution in [1.82, 2.24) is 10.2 Å². The molecule has 0 saturated heterocycles. The van der Waals surface area contributed by atoms with Crippen LogP contribution in [0.3, 0.4) is 0 Å². The maximum atomic E-state index is 13.4. The zero-order chi connectivity index (χ0) is 18.4. The molecule has 0 aromatic heterocycles. The fourth-order valence-electron chi connectivity index (χ4n) is 4.03. The largest absolute Gasteiger partial charge is 0.385 e. The van der Waals surface area contributed by atoms with Crippen LogP contribution in [0.15, 0.2) is 73.0 Å². The van der Waals surface area contributed by atoms with Gasteiger partial charge in [-0.15, -0.1) is 0 Å². The molecule has 1 N–H and O–H groups in total. The van der Waals surface area contributed by atoms with Gasteiger partial charge in [0.05, 0.1) is 5.56 Å². The van der Waals surface area contributed by atoms with Crippen LogP contribution in [0.4, 0.5) is 0 Å². The number of imide groups is 1. The second-order valence-corrected chi connectivity index (χ2v) is 6.94. The van der Waals surface area contributed by atoms with Crippen LogP contribution in [-0.4, -0.2) is 29.3 Å². The molecule has 0 aliphatic carbocycles. The Bertz CT molecular complexity index is 1160. The summed E-state index contributed by atoms with van der Waals surface area (Å²) in [6.07, 6.45) is 8.51. The average molecular weight is 354 g/mol. The van der Waals surface area contributed by atoms with Crippen LogP contribution in [0.1, 0.15) is 27.1 Å². The highest BCUT2D eigenvalue weighted by Gasteiger charge is 2.34. The van der Waals surface area contributed by atoms with Crippen molar-refractivity contribution >= 4 is 33.4 Å². The third kappa shape index (κ3) is 2.45. The van der Waals surface area contributed by atoms with E-state index in [4.69, 9.17) is 0 Å². The second kappa shape index (κ2) is 6.09. The van der Waals surface area contributed by atoms with Crippen LogP contribution in [-0.2, 0) is 0 Å². The number of nitrogens with zero attached hydrogens (tertiary/aromatic N) is 1. The molecule has 27 heavy (non-hydrogen) atoms. The van der Waals surface area contributed by atoms with E-state index in [-0.39, 0.29) is 17.9 Å². The Balaban J connectivity index is 1.62. The van der Waals surface area contributed by atoms with Crippen LogP contribution in [0.25, 0.3) is 21.5 Å². The lowest BCUT2D eigenvalue weighted by Gasteiger charge is -2.29. The molecule has 1 atom stereocenters. The summed E-state index contributed by atoms with van der Waals surface area (Å²) in [4.78, 5) is 27.8. The second-order valence-electron chi connectivity index (χ2n) is 6.94. The van der Waals surface area contributed by atoms with Gasteiger partial charge in [0.1, 0.15) is 0 Å². The van der Waals surface area contributed by atoms with E-state index >= 15 is 0 Å². The van der Waals surface area contributed by atoms with E-state index in [9.17, 15) is 9.59 Å². The Kier molecular flexibility index (Phi) is 3.57. The normalized spacial score (nSPS) is 18.4. The highest BCUT2D eigenvalue weighted by Crippen LogP contribution is 2.35. The first kappa shape index (κ1) is 15.8. The number of carbonyl (C=O) groups is 2. The number of hydrogen-bond donors (Lipinski definition) is 1. The first-order chi connectivity index (χ1) is 13.2. The molecule has 132 valence electrons. The van der Waals surface area contributed by atoms with Crippen molar-refractivity contribution in [2.75, 3.05) is 6.54 Å². The summed E-state index contributed by atoms with van der Waals surface area (Å²) in [5.41, 5.74) is 1.25. The summed E-state index contributed by atoms with van der Waals surface area (Å²) >= 11 is 0. The van der Waals surface area contributed by atoms with Crippen LogP contribution in [0, 0.1) is 0 Å². The van der Waals surface area contributed by atoms with Crippen molar-refractivity contribution in [3.8, 4) is 0 Å². The Labute approximate surface area is 156 Å². The molecule has 2 heterocycles. The minimum atomic E-state index is -0.205. The third-order valence-corrected chi connectivity index (χ3v) is 5.35. The minimum absolute atomic E-state index is 0.125. The van der Waals surface area contributed by atoms with Crippen molar-refractivity contribution in [3.63, 3.8) is 0 Å². The van der Waals surface area contributed by atoms with Crippen LogP contribution in [0.2, 0.25) is 0 Å². The van der Waals surface area contributed by atoms with Gasteiger partial charge in [-0.1, -0.05) is 48.6 Å². The summed E-state index contributed by atoms with van der Waals surface area (Å²) in [6.45, 7) is 0.382. The van der Waals surface area contributed by atoms with Crippen LogP contribution < -0.4 is 5.32 Å². The van der Waals surface area contributed by atoms with Gasteiger partial charge in [0.25, 0.3) is 11.8 Å². The van der Waals surface area contributed by atoms with Gasteiger partial charge in [0.2, 0.25) is 0 Å². The molecule has 4 nitrogen and oxygen atoms in total. The molecule has 0 spiro atoms. The molecule has 0 saturated carbocycles. The molecule has 5 rings (SSSR count). The zero-order valence-corrected chi connectivity index (χ0v) is 14.7. The third-order valence-electron chi connectivity index (χ3n) is 5.35. The number of fused-ring (bicyclic) bond motifs is 2. The number of rotatable bonds is 3. The van der Waals surface area contributed by atoms with Gasteiger partial charge in [-0.25, -0.2) is 0 Å². The fraction of sp³-hybridized carbons (Fsp3) is 0.130. The molecular formula is C23H18N2O2. The Morgan fingerprint density at radius 1 is 0.926 bits per heavy atom. The lowest BCUT2D eigenvalue weighted by molar-refractivity contribution is 0.0608. The smallest absolute Gasteiger partial charge is 0.262 e.